The lowest BCUT2D eigenvalue weighted by atomic mass is 10.1. The van der Waals surface area contributed by atoms with Crippen LogP contribution in [0.4, 0.5) is 10.1 Å². The number of carboxylic acids is 1. The molecule has 0 fully saturated rings. The van der Waals surface area contributed by atoms with Crippen LogP contribution in [-0.4, -0.2) is 22.6 Å². The van der Waals surface area contributed by atoms with Gasteiger partial charge in [-0.3, -0.25) is 9.59 Å². The van der Waals surface area contributed by atoms with Crippen LogP contribution < -0.4 is 10.9 Å². The first kappa shape index (κ1) is 11.1. The summed E-state index contributed by atoms with van der Waals surface area (Å²) >= 11 is 0. The highest BCUT2D eigenvalue weighted by Crippen LogP contribution is 2.20. The Morgan fingerprint density at radius 3 is 2.94 bits per heavy atom. The van der Waals surface area contributed by atoms with Gasteiger partial charge in [0.1, 0.15) is 12.4 Å². The predicted molar refractivity (Wildman–Crippen MR) is 60.7 cm³/mol. The molecule has 0 aliphatic heterocycles. The fourth-order valence-corrected chi connectivity index (χ4v) is 1.52. The van der Waals surface area contributed by atoms with E-state index in [0.717, 1.165) is 6.07 Å². The molecule has 5 nitrogen and oxygen atoms in total. The second-order valence-corrected chi connectivity index (χ2v) is 3.47. The number of anilines is 1. The number of H-pyrrole nitrogens is 1. The fraction of sp³-hybridized carbons (Fsp3) is 0.0909. The molecule has 1 aromatic heterocycles. The fourth-order valence-electron chi connectivity index (χ4n) is 1.52. The molecule has 0 bridgehead atoms. The van der Waals surface area contributed by atoms with Crippen LogP contribution in [0.2, 0.25) is 0 Å². The Hall–Kier alpha value is -2.37. The number of aromatic nitrogens is 1. The van der Waals surface area contributed by atoms with Crippen molar-refractivity contribution in [2.75, 3.05) is 11.9 Å². The molecule has 0 radical (unpaired) electrons. The highest BCUT2D eigenvalue weighted by molar-refractivity contribution is 5.85. The summed E-state index contributed by atoms with van der Waals surface area (Å²) in [7, 11) is 0. The second-order valence-electron chi connectivity index (χ2n) is 3.47. The molecule has 0 unspecified atom stereocenters. The minimum absolute atomic E-state index is 0.0606. The average molecular weight is 236 g/mol. The third kappa shape index (κ3) is 2.25. The number of carbonyl (C=O) groups is 1. The Bertz CT molecular complexity index is 636. The second kappa shape index (κ2) is 4.25. The summed E-state index contributed by atoms with van der Waals surface area (Å²) in [4.78, 5) is 24.2. The summed E-state index contributed by atoms with van der Waals surface area (Å²) in [6.07, 6.45) is 1.45. The lowest BCUT2D eigenvalue weighted by Gasteiger charge is -2.06. The van der Waals surface area contributed by atoms with Gasteiger partial charge in [0, 0.05) is 6.20 Å². The van der Waals surface area contributed by atoms with E-state index in [4.69, 9.17) is 5.11 Å². The predicted octanol–water partition coefficient (Wildman–Crippen LogP) is 1.16. The SMILES string of the molecule is O=C(O)CNc1cc2cc[nH]c(=O)c2cc1F. The van der Waals surface area contributed by atoms with Crippen LogP contribution in [0.15, 0.2) is 29.2 Å². The summed E-state index contributed by atoms with van der Waals surface area (Å²) in [6, 6.07) is 4.10. The van der Waals surface area contributed by atoms with E-state index >= 15 is 0 Å². The standard InChI is InChI=1S/C11H9FN2O3/c12-8-4-7-6(1-2-13-11(7)17)3-9(8)14-5-10(15)16/h1-4,14H,5H2,(H,13,17)(H,15,16). The van der Waals surface area contributed by atoms with Gasteiger partial charge in [0.25, 0.3) is 5.56 Å². The zero-order valence-corrected chi connectivity index (χ0v) is 8.66. The molecule has 0 amide bonds. The van der Waals surface area contributed by atoms with E-state index in [1.807, 2.05) is 0 Å². The number of fused-ring (bicyclic) bond motifs is 1. The molecule has 6 heteroatoms. The molecule has 0 saturated carbocycles. The van der Waals surface area contributed by atoms with Crippen LogP contribution in [0, 0.1) is 5.82 Å². The lowest BCUT2D eigenvalue weighted by molar-refractivity contribution is -0.134. The summed E-state index contributed by atoms with van der Waals surface area (Å²) in [5.74, 6) is -1.74. The number of hydrogen-bond donors (Lipinski definition) is 3. The molecule has 0 saturated heterocycles. The normalized spacial score (nSPS) is 10.4. The van der Waals surface area contributed by atoms with Gasteiger partial charge in [-0.1, -0.05) is 0 Å². The molecular formula is C11H9FN2O3. The monoisotopic (exact) mass is 236 g/mol. The highest BCUT2D eigenvalue weighted by Gasteiger charge is 2.07. The van der Waals surface area contributed by atoms with Crippen LogP contribution in [-0.2, 0) is 4.79 Å². The van der Waals surface area contributed by atoms with Gasteiger partial charge in [0.05, 0.1) is 11.1 Å². The molecule has 1 aromatic carbocycles. The Kier molecular flexibility index (Phi) is 2.78. The smallest absolute Gasteiger partial charge is 0.322 e. The molecule has 2 aromatic rings. The van der Waals surface area contributed by atoms with Gasteiger partial charge in [-0.05, 0) is 23.6 Å². The van der Waals surface area contributed by atoms with Crippen LogP contribution in [0.1, 0.15) is 0 Å². The molecule has 0 atom stereocenters. The summed E-state index contributed by atoms with van der Waals surface area (Å²) in [5.41, 5.74) is -0.323. The topological polar surface area (TPSA) is 82.2 Å². The molecule has 17 heavy (non-hydrogen) atoms. The van der Waals surface area contributed by atoms with Crippen molar-refractivity contribution in [3.05, 3.63) is 40.6 Å². The van der Waals surface area contributed by atoms with Crippen molar-refractivity contribution in [1.82, 2.24) is 4.98 Å². The van der Waals surface area contributed by atoms with Gasteiger partial charge in [0.2, 0.25) is 0 Å². The number of halogens is 1. The number of pyridine rings is 1. The minimum atomic E-state index is -1.09. The number of hydrogen-bond acceptors (Lipinski definition) is 3. The van der Waals surface area contributed by atoms with Crippen LogP contribution in [0.25, 0.3) is 10.8 Å². The number of nitrogens with one attached hydrogen (secondary N) is 2. The van der Waals surface area contributed by atoms with E-state index in [2.05, 4.69) is 10.3 Å². The highest BCUT2D eigenvalue weighted by atomic mass is 19.1. The van der Waals surface area contributed by atoms with Gasteiger partial charge < -0.3 is 15.4 Å². The lowest BCUT2D eigenvalue weighted by Crippen LogP contribution is -2.13. The van der Waals surface area contributed by atoms with E-state index in [1.165, 1.54) is 12.3 Å². The minimum Gasteiger partial charge on any atom is -0.480 e. The van der Waals surface area contributed by atoms with Gasteiger partial charge in [-0.25, -0.2) is 4.39 Å². The van der Waals surface area contributed by atoms with Crippen molar-refractivity contribution in [1.29, 1.82) is 0 Å². The number of benzene rings is 1. The molecule has 2 rings (SSSR count). The Morgan fingerprint density at radius 2 is 2.24 bits per heavy atom. The summed E-state index contributed by atoms with van der Waals surface area (Å²) in [6.45, 7) is -0.383. The van der Waals surface area contributed by atoms with Crippen molar-refractivity contribution in [3.63, 3.8) is 0 Å². The van der Waals surface area contributed by atoms with E-state index in [1.54, 1.807) is 6.07 Å². The van der Waals surface area contributed by atoms with E-state index in [-0.39, 0.29) is 23.2 Å². The van der Waals surface area contributed by atoms with Crippen molar-refractivity contribution in [2.24, 2.45) is 0 Å². The van der Waals surface area contributed by atoms with Crippen molar-refractivity contribution in [3.8, 4) is 0 Å². The van der Waals surface area contributed by atoms with E-state index in [9.17, 15) is 14.0 Å². The molecule has 88 valence electrons. The third-order valence-corrected chi connectivity index (χ3v) is 2.29. The zero-order chi connectivity index (χ0) is 12.4. The van der Waals surface area contributed by atoms with Gasteiger partial charge in [-0.2, -0.15) is 0 Å². The molecule has 1 heterocycles. The molecule has 3 N–H and O–H groups in total. The Morgan fingerprint density at radius 1 is 1.47 bits per heavy atom. The largest absolute Gasteiger partial charge is 0.480 e. The van der Waals surface area contributed by atoms with Gasteiger partial charge in [-0.15, -0.1) is 0 Å². The van der Waals surface area contributed by atoms with Crippen molar-refractivity contribution < 1.29 is 14.3 Å². The maximum atomic E-state index is 13.5. The molecular weight excluding hydrogens is 227 g/mol. The van der Waals surface area contributed by atoms with Crippen molar-refractivity contribution >= 4 is 22.4 Å². The Balaban J connectivity index is 2.48. The Labute approximate surface area is 94.9 Å². The number of carboxylic acid groups (broad SMARTS) is 1. The van der Waals surface area contributed by atoms with E-state index in [0.29, 0.717) is 5.39 Å². The number of rotatable bonds is 3. The summed E-state index contributed by atoms with van der Waals surface area (Å²) < 4.78 is 13.5. The maximum absolute atomic E-state index is 13.5. The molecule has 0 aliphatic rings. The first-order valence-corrected chi connectivity index (χ1v) is 4.84. The first-order chi connectivity index (χ1) is 8.08. The maximum Gasteiger partial charge on any atom is 0.322 e. The van der Waals surface area contributed by atoms with Crippen LogP contribution >= 0.6 is 0 Å². The van der Waals surface area contributed by atoms with E-state index < -0.39 is 11.8 Å². The average Bonchev–Trinajstić information content (AvgIpc) is 2.28. The quantitative estimate of drug-likeness (QED) is 0.747. The zero-order valence-electron chi connectivity index (χ0n) is 8.66. The van der Waals surface area contributed by atoms with Gasteiger partial charge in [0.15, 0.2) is 0 Å². The third-order valence-electron chi connectivity index (χ3n) is 2.29. The van der Waals surface area contributed by atoms with Gasteiger partial charge >= 0.3 is 5.97 Å². The number of aromatic amines is 1. The summed E-state index contributed by atoms with van der Waals surface area (Å²) in [5, 5.41) is 11.7. The van der Waals surface area contributed by atoms with Crippen molar-refractivity contribution in [2.45, 2.75) is 0 Å². The van der Waals surface area contributed by atoms with Crippen LogP contribution in [0.3, 0.4) is 0 Å². The molecule has 0 aliphatic carbocycles. The molecule has 0 spiro atoms. The number of aliphatic carboxylic acids is 1. The van der Waals surface area contributed by atoms with Crippen LogP contribution in [0.5, 0.6) is 0 Å². The first-order valence-electron chi connectivity index (χ1n) is 4.84.